The molecule has 0 aliphatic carbocycles. The normalized spacial score (nSPS) is 11.7. The number of aromatic nitrogens is 2. The molecular formula is C23H21N4O4S+. The first-order valence-corrected chi connectivity index (χ1v) is 11.3. The van der Waals surface area contributed by atoms with Gasteiger partial charge < -0.3 is 4.98 Å². The van der Waals surface area contributed by atoms with Crippen molar-refractivity contribution in [2.45, 2.75) is 18.0 Å². The molecule has 0 fully saturated rings. The number of nitrogens with one attached hydrogen (secondary N) is 1. The molecule has 32 heavy (non-hydrogen) atoms. The van der Waals surface area contributed by atoms with Crippen molar-refractivity contribution in [1.82, 2.24) is 14.3 Å². The lowest BCUT2D eigenvalue weighted by Crippen LogP contribution is -2.32. The number of sulfonamides is 1. The van der Waals surface area contributed by atoms with Crippen molar-refractivity contribution in [3.8, 4) is 0 Å². The van der Waals surface area contributed by atoms with Crippen LogP contribution in [0.25, 0.3) is 10.9 Å². The van der Waals surface area contributed by atoms with Crippen LogP contribution in [0.2, 0.25) is 0 Å². The van der Waals surface area contributed by atoms with Gasteiger partial charge in [0.25, 0.3) is 11.2 Å². The van der Waals surface area contributed by atoms with Gasteiger partial charge in [-0.1, -0.05) is 24.3 Å². The number of para-hydroxylation sites is 1. The summed E-state index contributed by atoms with van der Waals surface area (Å²) in [5.74, 6) is 0. The molecule has 4 rings (SSSR count). The molecule has 0 spiro atoms. The number of H-pyrrole nitrogens is 1. The Morgan fingerprint density at radius 2 is 1.75 bits per heavy atom. The van der Waals surface area contributed by atoms with E-state index in [1.165, 1.54) is 35.6 Å². The van der Waals surface area contributed by atoms with Crippen LogP contribution in [-0.4, -0.2) is 34.5 Å². The van der Waals surface area contributed by atoms with E-state index >= 15 is 0 Å². The Hall–Kier alpha value is -3.69. The molecule has 162 valence electrons. The highest BCUT2D eigenvalue weighted by molar-refractivity contribution is 7.89. The number of nitrogens with zero attached hydrogens (tertiary/aromatic N) is 3. The maximum absolute atomic E-state index is 13.5. The molecule has 2 aromatic carbocycles. The smallest absolute Gasteiger partial charge is 0.255 e. The van der Waals surface area contributed by atoms with E-state index in [4.69, 9.17) is 0 Å². The number of fused-ring (bicyclic) bond motifs is 1. The van der Waals surface area contributed by atoms with Crippen molar-refractivity contribution in [3.05, 3.63) is 106 Å². The van der Waals surface area contributed by atoms with Gasteiger partial charge in [-0.15, -0.1) is 0 Å². The van der Waals surface area contributed by atoms with Gasteiger partial charge in [0.2, 0.25) is 10.0 Å². The summed E-state index contributed by atoms with van der Waals surface area (Å²) in [6.07, 6.45) is 3.19. The molecule has 0 atom stereocenters. The van der Waals surface area contributed by atoms with Crippen LogP contribution in [0.4, 0.5) is 5.69 Å². The Morgan fingerprint density at radius 3 is 2.44 bits per heavy atom. The minimum absolute atomic E-state index is 0.0317. The zero-order valence-electron chi connectivity index (χ0n) is 17.3. The molecule has 0 amide bonds. The van der Waals surface area contributed by atoms with Gasteiger partial charge in [-0.25, -0.2) is 8.42 Å². The quantitative estimate of drug-likeness (QED) is 0.436. The van der Waals surface area contributed by atoms with E-state index in [0.29, 0.717) is 27.1 Å². The van der Waals surface area contributed by atoms with Crippen LogP contribution >= 0.6 is 0 Å². The highest BCUT2D eigenvalue weighted by Gasteiger charge is 2.27. The van der Waals surface area contributed by atoms with Crippen LogP contribution in [0, 0.1) is 4.91 Å². The van der Waals surface area contributed by atoms with Gasteiger partial charge in [-0.05, 0) is 41.3 Å². The summed E-state index contributed by atoms with van der Waals surface area (Å²) in [5, 5.41) is 0.809. The second-order valence-electron chi connectivity index (χ2n) is 7.34. The molecule has 2 aromatic heterocycles. The molecule has 2 heterocycles. The predicted octanol–water partition coefficient (Wildman–Crippen LogP) is 3.35. The first kappa shape index (κ1) is 21.5. The lowest BCUT2D eigenvalue weighted by molar-refractivity contribution is -0.428. The summed E-state index contributed by atoms with van der Waals surface area (Å²) in [5.41, 5.74) is 1.68. The SMILES string of the molecule is C[N+](=O)c1ccc(S(=O)(=O)N(Cc2cccnc2)Cc2cc3ccccc3[nH]c2=O)cc1. The van der Waals surface area contributed by atoms with Gasteiger partial charge in [0, 0.05) is 58.4 Å². The summed E-state index contributed by atoms with van der Waals surface area (Å²) in [4.78, 5) is 31.1. The average Bonchev–Trinajstić information content (AvgIpc) is 2.79. The van der Waals surface area contributed by atoms with Gasteiger partial charge >= 0.3 is 0 Å². The van der Waals surface area contributed by atoms with Crippen molar-refractivity contribution >= 4 is 26.6 Å². The van der Waals surface area contributed by atoms with Gasteiger partial charge in [0.05, 0.1) is 4.90 Å². The zero-order valence-corrected chi connectivity index (χ0v) is 18.1. The first-order chi connectivity index (χ1) is 15.3. The van der Waals surface area contributed by atoms with E-state index in [2.05, 4.69) is 9.97 Å². The molecule has 0 unspecified atom stereocenters. The molecule has 0 aliphatic heterocycles. The molecule has 0 saturated heterocycles. The van der Waals surface area contributed by atoms with Crippen LogP contribution in [0.3, 0.4) is 0 Å². The van der Waals surface area contributed by atoms with Crippen molar-refractivity contribution in [3.63, 3.8) is 0 Å². The van der Waals surface area contributed by atoms with Crippen molar-refractivity contribution in [1.29, 1.82) is 0 Å². The Morgan fingerprint density at radius 1 is 1.00 bits per heavy atom. The number of pyridine rings is 2. The fourth-order valence-corrected chi connectivity index (χ4v) is 4.80. The van der Waals surface area contributed by atoms with E-state index < -0.39 is 10.0 Å². The predicted molar refractivity (Wildman–Crippen MR) is 121 cm³/mol. The summed E-state index contributed by atoms with van der Waals surface area (Å²) in [6.45, 7) is -0.0910. The topological polar surface area (TPSA) is 103 Å². The fourth-order valence-electron chi connectivity index (χ4n) is 3.40. The minimum atomic E-state index is -3.98. The fraction of sp³-hybridized carbons (Fsp3) is 0.130. The number of hydrogen-bond donors (Lipinski definition) is 1. The van der Waals surface area contributed by atoms with Gasteiger partial charge in [-0.3, -0.25) is 9.78 Å². The monoisotopic (exact) mass is 449 g/mol. The number of nitroso groups, excluding NO2 is 1. The maximum Gasteiger partial charge on any atom is 0.255 e. The second-order valence-corrected chi connectivity index (χ2v) is 9.27. The molecule has 0 bridgehead atoms. The van der Waals surface area contributed by atoms with E-state index in [9.17, 15) is 18.1 Å². The van der Waals surface area contributed by atoms with Crippen LogP contribution in [0.15, 0.2) is 88.8 Å². The van der Waals surface area contributed by atoms with Crippen LogP contribution < -0.4 is 5.56 Å². The van der Waals surface area contributed by atoms with Crippen LogP contribution in [-0.2, 0) is 23.1 Å². The highest BCUT2D eigenvalue weighted by Crippen LogP contribution is 2.23. The van der Waals surface area contributed by atoms with Crippen LogP contribution in [0.5, 0.6) is 0 Å². The lowest BCUT2D eigenvalue weighted by Gasteiger charge is -2.22. The average molecular weight is 450 g/mol. The number of aromatic amines is 1. The molecular weight excluding hydrogens is 428 g/mol. The van der Waals surface area contributed by atoms with Gasteiger partial charge in [0.15, 0.2) is 7.05 Å². The number of hydrogen-bond acceptors (Lipinski definition) is 5. The summed E-state index contributed by atoms with van der Waals surface area (Å²) >= 11 is 0. The van der Waals surface area contributed by atoms with E-state index in [0.717, 1.165) is 5.39 Å². The third-order valence-electron chi connectivity index (χ3n) is 5.10. The summed E-state index contributed by atoms with van der Waals surface area (Å²) in [7, 11) is -2.64. The molecule has 9 heteroatoms. The minimum Gasteiger partial charge on any atom is -0.322 e. The van der Waals surface area contributed by atoms with Gasteiger partial charge in [-0.2, -0.15) is 4.31 Å². The summed E-state index contributed by atoms with van der Waals surface area (Å²) in [6, 6.07) is 18.2. The number of rotatable bonds is 7. The Balaban J connectivity index is 1.75. The van der Waals surface area contributed by atoms with Crippen LogP contribution in [0.1, 0.15) is 11.1 Å². The molecule has 0 radical (unpaired) electrons. The van der Waals surface area contributed by atoms with E-state index in [1.54, 1.807) is 36.7 Å². The molecule has 4 aromatic rings. The molecule has 0 aliphatic rings. The Kier molecular flexibility index (Phi) is 5.93. The zero-order chi connectivity index (χ0) is 22.7. The van der Waals surface area contributed by atoms with E-state index in [-0.39, 0.29) is 23.5 Å². The van der Waals surface area contributed by atoms with Crippen molar-refractivity contribution in [2.75, 3.05) is 7.05 Å². The molecule has 1 N–H and O–H groups in total. The van der Waals surface area contributed by atoms with Crippen molar-refractivity contribution in [2.24, 2.45) is 0 Å². The summed E-state index contributed by atoms with van der Waals surface area (Å²) < 4.78 is 28.9. The maximum atomic E-state index is 13.5. The second kappa shape index (κ2) is 8.81. The van der Waals surface area contributed by atoms with Crippen molar-refractivity contribution < 1.29 is 13.2 Å². The molecule has 8 nitrogen and oxygen atoms in total. The third-order valence-corrected chi connectivity index (χ3v) is 6.90. The third kappa shape index (κ3) is 4.48. The first-order valence-electron chi connectivity index (χ1n) is 9.85. The Bertz CT molecular complexity index is 1430. The standard InChI is InChI=1S/C23H20N4O4S/c1-26(29)20-8-10-21(11-9-20)32(30,31)27(15-17-5-4-12-24-14-17)16-19-13-18-6-2-3-7-22(18)25-23(19)28/h2-14H,15-16H2,1H3/p+1. The Labute approximate surface area is 184 Å². The van der Waals surface area contributed by atoms with Gasteiger partial charge in [0.1, 0.15) is 0 Å². The number of benzene rings is 2. The highest BCUT2D eigenvalue weighted by atomic mass is 32.2. The van der Waals surface area contributed by atoms with E-state index in [1.807, 2.05) is 18.2 Å². The molecule has 0 saturated carbocycles. The lowest BCUT2D eigenvalue weighted by atomic mass is 10.1. The largest absolute Gasteiger partial charge is 0.322 e.